The number of ether oxygens (including phenoxy) is 1. The molecule has 0 fully saturated rings. The highest BCUT2D eigenvalue weighted by Crippen LogP contribution is 2.39. The lowest BCUT2D eigenvalue weighted by Gasteiger charge is -2.13. The summed E-state index contributed by atoms with van der Waals surface area (Å²) in [6.07, 6.45) is 2.61. The number of rotatable bonds is 5. The van der Waals surface area contributed by atoms with Gasteiger partial charge in [0.05, 0.1) is 23.8 Å². The highest BCUT2D eigenvalue weighted by atomic mass is 32.1. The van der Waals surface area contributed by atoms with Crippen molar-refractivity contribution < 1.29 is 19.1 Å². The molecule has 1 aliphatic rings. The Labute approximate surface area is 181 Å². The molecular weight excluding hydrogens is 418 g/mol. The van der Waals surface area contributed by atoms with E-state index in [0.29, 0.717) is 21.5 Å². The zero-order chi connectivity index (χ0) is 22.1. The first kappa shape index (κ1) is 20.8. The van der Waals surface area contributed by atoms with Crippen LogP contribution >= 0.6 is 11.3 Å². The van der Waals surface area contributed by atoms with E-state index in [-0.39, 0.29) is 18.0 Å². The van der Waals surface area contributed by atoms with E-state index >= 15 is 0 Å². The largest absolute Gasteiger partial charge is 0.465 e. The summed E-state index contributed by atoms with van der Waals surface area (Å²) in [7, 11) is 2.81. The lowest BCUT2D eigenvalue weighted by atomic mass is 10.1. The zero-order valence-electron chi connectivity index (χ0n) is 17.1. The molecule has 160 valence electrons. The summed E-state index contributed by atoms with van der Waals surface area (Å²) < 4.78 is 6.22. The normalized spacial score (nSPS) is 12.5. The number of aryl methyl sites for hydroxylation is 1. The maximum absolute atomic E-state index is 12.8. The van der Waals surface area contributed by atoms with Crippen LogP contribution in [-0.4, -0.2) is 36.5 Å². The van der Waals surface area contributed by atoms with Crippen molar-refractivity contribution in [2.75, 3.05) is 19.5 Å². The average Bonchev–Trinajstić information content (AvgIpc) is 3.35. The smallest absolute Gasteiger partial charge is 0.341 e. The van der Waals surface area contributed by atoms with Gasteiger partial charge in [0, 0.05) is 23.4 Å². The van der Waals surface area contributed by atoms with Gasteiger partial charge in [-0.25, -0.2) is 4.79 Å². The van der Waals surface area contributed by atoms with E-state index in [2.05, 4.69) is 10.6 Å². The number of hydrogen-bond acceptors (Lipinski definition) is 6. The van der Waals surface area contributed by atoms with E-state index in [1.165, 1.54) is 36.1 Å². The van der Waals surface area contributed by atoms with Crippen LogP contribution in [0.15, 0.2) is 35.1 Å². The van der Waals surface area contributed by atoms with E-state index in [1.807, 2.05) is 0 Å². The molecule has 0 saturated heterocycles. The number of esters is 1. The van der Waals surface area contributed by atoms with Gasteiger partial charge in [0.15, 0.2) is 0 Å². The third-order valence-corrected chi connectivity index (χ3v) is 6.56. The third-order valence-electron chi connectivity index (χ3n) is 5.36. The monoisotopic (exact) mass is 439 g/mol. The van der Waals surface area contributed by atoms with Gasteiger partial charge in [-0.15, -0.1) is 11.3 Å². The molecule has 1 aromatic carbocycles. The number of methoxy groups -OCH3 is 1. The van der Waals surface area contributed by atoms with E-state index in [4.69, 9.17) is 4.74 Å². The summed E-state index contributed by atoms with van der Waals surface area (Å²) in [4.78, 5) is 51.1. The molecule has 31 heavy (non-hydrogen) atoms. The van der Waals surface area contributed by atoms with Gasteiger partial charge < -0.3 is 15.4 Å². The van der Waals surface area contributed by atoms with Gasteiger partial charge >= 0.3 is 5.97 Å². The molecule has 2 heterocycles. The zero-order valence-corrected chi connectivity index (χ0v) is 17.9. The average molecular weight is 439 g/mol. The van der Waals surface area contributed by atoms with E-state index in [0.717, 1.165) is 29.7 Å². The Morgan fingerprint density at radius 1 is 1.19 bits per heavy atom. The van der Waals surface area contributed by atoms with Crippen molar-refractivity contribution in [3.05, 3.63) is 62.3 Å². The van der Waals surface area contributed by atoms with Crippen LogP contribution in [-0.2, 0) is 28.9 Å². The molecule has 9 heteroatoms. The van der Waals surface area contributed by atoms with Crippen molar-refractivity contribution in [2.45, 2.75) is 25.8 Å². The molecule has 0 radical (unpaired) electrons. The lowest BCUT2D eigenvalue weighted by molar-refractivity contribution is -0.116. The molecule has 3 aromatic rings. The van der Waals surface area contributed by atoms with Crippen LogP contribution in [0.25, 0.3) is 10.9 Å². The Morgan fingerprint density at radius 3 is 2.71 bits per heavy atom. The van der Waals surface area contributed by atoms with Gasteiger partial charge in [-0.1, -0.05) is 18.2 Å². The van der Waals surface area contributed by atoms with E-state index in [1.54, 1.807) is 24.3 Å². The number of para-hydroxylation sites is 1. The van der Waals surface area contributed by atoms with Crippen LogP contribution in [0.1, 0.15) is 37.6 Å². The summed E-state index contributed by atoms with van der Waals surface area (Å²) in [6, 6.07) is 8.15. The molecule has 8 nitrogen and oxygen atoms in total. The Hall–Kier alpha value is -3.46. The Kier molecular flexibility index (Phi) is 5.60. The molecule has 2 amide bonds. The molecule has 0 spiro atoms. The Morgan fingerprint density at radius 2 is 1.97 bits per heavy atom. The number of nitrogens with one attached hydrogen (secondary N) is 2. The minimum absolute atomic E-state index is 0.252. The number of carbonyl (C=O) groups excluding carboxylic acids is 3. The van der Waals surface area contributed by atoms with Crippen molar-refractivity contribution in [3.8, 4) is 0 Å². The number of pyridine rings is 1. The van der Waals surface area contributed by atoms with Crippen molar-refractivity contribution >= 4 is 45.0 Å². The van der Waals surface area contributed by atoms with Crippen LogP contribution in [0.2, 0.25) is 0 Å². The molecule has 2 N–H and O–H groups in total. The third kappa shape index (κ3) is 3.72. The SMILES string of the molecule is CNC(=O)c1cc(=O)n(CC(=O)Nc2sc3c(c2C(=O)OC)CCC3)c2ccccc12. The summed E-state index contributed by atoms with van der Waals surface area (Å²) in [6.45, 7) is -0.253. The molecular formula is C22H21N3O5S. The van der Waals surface area contributed by atoms with Gasteiger partial charge in [-0.05, 0) is 30.9 Å². The topological polar surface area (TPSA) is 107 Å². The van der Waals surface area contributed by atoms with E-state index in [9.17, 15) is 19.2 Å². The second-order valence-electron chi connectivity index (χ2n) is 7.18. The molecule has 1 aliphatic carbocycles. The summed E-state index contributed by atoms with van der Waals surface area (Å²) in [5.41, 5.74) is 1.60. The van der Waals surface area contributed by atoms with Crippen molar-refractivity contribution in [2.24, 2.45) is 0 Å². The number of nitrogens with zero attached hydrogens (tertiary/aromatic N) is 1. The van der Waals surface area contributed by atoms with E-state index < -0.39 is 17.4 Å². The number of anilines is 1. The minimum atomic E-state index is -0.479. The first-order chi connectivity index (χ1) is 14.9. The fraction of sp³-hybridized carbons (Fsp3) is 0.273. The first-order valence-electron chi connectivity index (χ1n) is 9.82. The highest BCUT2D eigenvalue weighted by molar-refractivity contribution is 7.17. The maximum atomic E-state index is 12.8. The van der Waals surface area contributed by atoms with Crippen LogP contribution in [0.3, 0.4) is 0 Å². The van der Waals surface area contributed by atoms with Gasteiger partial charge in [-0.2, -0.15) is 0 Å². The predicted octanol–water partition coefficient (Wildman–Crippen LogP) is 2.34. The van der Waals surface area contributed by atoms with Crippen LogP contribution in [0.4, 0.5) is 5.00 Å². The second-order valence-corrected chi connectivity index (χ2v) is 8.29. The van der Waals surface area contributed by atoms with Gasteiger partial charge in [0.25, 0.3) is 11.5 Å². The Bertz CT molecular complexity index is 1270. The van der Waals surface area contributed by atoms with Gasteiger partial charge in [-0.3, -0.25) is 19.0 Å². The number of carbonyl (C=O) groups is 3. The minimum Gasteiger partial charge on any atom is -0.465 e. The molecule has 0 saturated carbocycles. The summed E-state index contributed by atoms with van der Waals surface area (Å²) in [5.74, 6) is -1.29. The van der Waals surface area contributed by atoms with Crippen LogP contribution in [0.5, 0.6) is 0 Å². The van der Waals surface area contributed by atoms with Crippen LogP contribution in [0, 0.1) is 0 Å². The number of thiophene rings is 1. The maximum Gasteiger partial charge on any atom is 0.341 e. The quantitative estimate of drug-likeness (QED) is 0.594. The predicted molar refractivity (Wildman–Crippen MR) is 118 cm³/mol. The van der Waals surface area contributed by atoms with Crippen molar-refractivity contribution in [1.82, 2.24) is 9.88 Å². The summed E-state index contributed by atoms with van der Waals surface area (Å²) in [5, 5.41) is 6.32. The van der Waals surface area contributed by atoms with Crippen molar-refractivity contribution in [1.29, 1.82) is 0 Å². The van der Waals surface area contributed by atoms with Gasteiger partial charge in [0.1, 0.15) is 11.5 Å². The standard InChI is InChI=1S/C22H21N3O5S/c1-23-20(28)14-10-18(27)25(15-8-4-3-6-12(14)15)11-17(26)24-21-19(22(29)30-2)13-7-5-9-16(13)31-21/h3-4,6,8,10H,5,7,9,11H2,1-2H3,(H,23,28)(H,24,26). The molecule has 2 aromatic heterocycles. The Balaban J connectivity index is 1.68. The molecule has 0 atom stereocenters. The second kappa shape index (κ2) is 8.35. The molecule has 0 bridgehead atoms. The number of benzene rings is 1. The number of aromatic nitrogens is 1. The first-order valence-corrected chi connectivity index (χ1v) is 10.6. The number of amides is 2. The van der Waals surface area contributed by atoms with Crippen LogP contribution < -0.4 is 16.2 Å². The van der Waals surface area contributed by atoms with Gasteiger partial charge in [0.2, 0.25) is 5.91 Å². The number of hydrogen-bond donors (Lipinski definition) is 2. The number of fused-ring (bicyclic) bond motifs is 2. The molecule has 0 unspecified atom stereocenters. The summed E-state index contributed by atoms with van der Waals surface area (Å²) >= 11 is 1.38. The lowest BCUT2D eigenvalue weighted by Crippen LogP contribution is -2.30. The fourth-order valence-electron chi connectivity index (χ4n) is 3.94. The van der Waals surface area contributed by atoms with Crippen molar-refractivity contribution in [3.63, 3.8) is 0 Å². The fourth-order valence-corrected chi connectivity index (χ4v) is 5.23. The molecule has 0 aliphatic heterocycles. The highest BCUT2D eigenvalue weighted by Gasteiger charge is 2.28. The molecule has 4 rings (SSSR count).